The standard InChI is InChI=1S/C24H18ClF4NO3S/c25-21-5-2-6-22(26)20(21)10-8-15-7-9-16-12-18(31)14-30(23(16)11-15)34(32,33)19-4-1-3-17(13-19)24(27,28)29/h1-11,13,18,31H,12,14H2/b10-8+/t18-/m1/s1. The molecular weight excluding hydrogens is 494 g/mol. The van der Waals surface area contributed by atoms with E-state index in [1.165, 1.54) is 30.3 Å². The van der Waals surface area contributed by atoms with Crippen LogP contribution in [0.2, 0.25) is 5.02 Å². The van der Waals surface area contributed by atoms with Gasteiger partial charge in [-0.25, -0.2) is 12.8 Å². The fourth-order valence-electron chi connectivity index (χ4n) is 3.73. The molecule has 1 N–H and O–H groups in total. The van der Waals surface area contributed by atoms with Crippen molar-refractivity contribution in [2.75, 3.05) is 10.8 Å². The van der Waals surface area contributed by atoms with Gasteiger partial charge in [-0.3, -0.25) is 4.31 Å². The Morgan fingerprint density at radius 1 is 1.03 bits per heavy atom. The summed E-state index contributed by atoms with van der Waals surface area (Å²) in [6, 6.07) is 12.5. The highest BCUT2D eigenvalue weighted by Crippen LogP contribution is 2.36. The Kier molecular flexibility index (Phi) is 6.46. The molecule has 0 unspecified atom stereocenters. The lowest BCUT2D eigenvalue weighted by Gasteiger charge is -2.33. The molecule has 0 fully saturated rings. The molecule has 0 aliphatic carbocycles. The maximum atomic E-state index is 14.1. The van der Waals surface area contributed by atoms with Gasteiger partial charge in [0.2, 0.25) is 0 Å². The monoisotopic (exact) mass is 511 g/mol. The smallest absolute Gasteiger partial charge is 0.391 e. The molecule has 178 valence electrons. The van der Waals surface area contributed by atoms with Gasteiger partial charge in [-0.1, -0.05) is 41.9 Å². The van der Waals surface area contributed by atoms with Crippen molar-refractivity contribution in [2.24, 2.45) is 0 Å². The molecule has 1 atom stereocenters. The van der Waals surface area contributed by atoms with Gasteiger partial charge in [-0.05, 0) is 53.6 Å². The summed E-state index contributed by atoms with van der Waals surface area (Å²) in [5, 5.41) is 10.4. The van der Waals surface area contributed by atoms with Crippen molar-refractivity contribution in [3.05, 3.63) is 93.8 Å². The van der Waals surface area contributed by atoms with E-state index in [0.717, 1.165) is 22.5 Å². The number of aliphatic hydroxyl groups is 1. The van der Waals surface area contributed by atoms with Gasteiger partial charge >= 0.3 is 6.18 Å². The SMILES string of the molecule is O=S(=O)(c1cccc(C(F)(F)F)c1)N1C[C@H](O)Cc2ccc(/C=C/c3c(F)cccc3Cl)cc21. The van der Waals surface area contributed by atoms with Gasteiger partial charge in [0.05, 0.1) is 33.8 Å². The van der Waals surface area contributed by atoms with Crippen LogP contribution in [-0.2, 0) is 22.6 Å². The first-order chi connectivity index (χ1) is 16.0. The zero-order valence-corrected chi connectivity index (χ0v) is 19.0. The van der Waals surface area contributed by atoms with Crippen LogP contribution in [0, 0.1) is 5.82 Å². The fraction of sp³-hybridized carbons (Fsp3) is 0.167. The number of aliphatic hydroxyl groups excluding tert-OH is 1. The molecular formula is C24H18ClF4NO3S. The number of hydrogen-bond donors (Lipinski definition) is 1. The van der Waals surface area contributed by atoms with E-state index in [1.807, 2.05) is 0 Å². The number of β-amino-alcohol motifs (C(OH)–C–C–N with tert-alkyl or cyclic N) is 1. The van der Waals surface area contributed by atoms with E-state index in [2.05, 4.69) is 0 Å². The first kappa shape index (κ1) is 24.3. The van der Waals surface area contributed by atoms with Crippen LogP contribution in [0.15, 0.2) is 65.6 Å². The van der Waals surface area contributed by atoms with Gasteiger partial charge in [-0.2, -0.15) is 13.2 Å². The third-order valence-corrected chi connectivity index (χ3v) is 7.51. The summed E-state index contributed by atoms with van der Waals surface area (Å²) < 4.78 is 81.0. The average Bonchev–Trinajstić information content (AvgIpc) is 2.78. The van der Waals surface area contributed by atoms with Crippen LogP contribution in [0.4, 0.5) is 23.2 Å². The van der Waals surface area contributed by atoms with E-state index >= 15 is 0 Å². The van der Waals surface area contributed by atoms with E-state index in [0.29, 0.717) is 17.2 Å². The van der Waals surface area contributed by atoms with Crippen LogP contribution >= 0.6 is 11.6 Å². The van der Waals surface area contributed by atoms with Crippen molar-refractivity contribution in [1.29, 1.82) is 0 Å². The molecule has 0 saturated heterocycles. The van der Waals surface area contributed by atoms with Crippen molar-refractivity contribution >= 4 is 39.5 Å². The van der Waals surface area contributed by atoms with Crippen molar-refractivity contribution in [1.82, 2.24) is 0 Å². The Balaban J connectivity index is 1.75. The summed E-state index contributed by atoms with van der Waals surface area (Å²) in [5.74, 6) is -0.529. The predicted molar refractivity (Wildman–Crippen MR) is 122 cm³/mol. The Morgan fingerprint density at radius 2 is 1.76 bits per heavy atom. The Labute approximate surface area is 198 Å². The van der Waals surface area contributed by atoms with Crippen LogP contribution in [-0.4, -0.2) is 26.2 Å². The fourth-order valence-corrected chi connectivity index (χ4v) is 5.54. The first-order valence-electron chi connectivity index (χ1n) is 10.1. The lowest BCUT2D eigenvalue weighted by atomic mass is 9.99. The summed E-state index contributed by atoms with van der Waals surface area (Å²) in [4.78, 5) is -0.540. The molecule has 0 spiro atoms. The lowest BCUT2D eigenvalue weighted by Crippen LogP contribution is -2.42. The highest BCUT2D eigenvalue weighted by molar-refractivity contribution is 7.92. The molecule has 0 saturated carbocycles. The minimum atomic E-state index is -4.71. The van der Waals surface area contributed by atoms with Crippen molar-refractivity contribution in [2.45, 2.75) is 23.6 Å². The second-order valence-electron chi connectivity index (χ2n) is 7.78. The molecule has 1 aliphatic heterocycles. The van der Waals surface area contributed by atoms with Crippen LogP contribution in [0.1, 0.15) is 22.3 Å². The highest BCUT2D eigenvalue weighted by atomic mass is 35.5. The number of sulfonamides is 1. The largest absolute Gasteiger partial charge is 0.416 e. The topological polar surface area (TPSA) is 57.6 Å². The van der Waals surface area contributed by atoms with Gasteiger partial charge < -0.3 is 5.11 Å². The molecule has 4 rings (SSSR count). The molecule has 3 aromatic carbocycles. The molecule has 34 heavy (non-hydrogen) atoms. The minimum Gasteiger partial charge on any atom is -0.391 e. The zero-order chi connectivity index (χ0) is 24.7. The molecule has 0 bridgehead atoms. The van der Waals surface area contributed by atoms with E-state index < -0.39 is 38.6 Å². The summed E-state index contributed by atoms with van der Waals surface area (Å²) in [7, 11) is -4.42. The Bertz CT molecular complexity index is 1350. The summed E-state index contributed by atoms with van der Waals surface area (Å²) in [6.45, 7) is -0.322. The van der Waals surface area contributed by atoms with Crippen molar-refractivity contribution < 1.29 is 31.1 Å². The van der Waals surface area contributed by atoms with Gasteiger partial charge in [-0.15, -0.1) is 0 Å². The van der Waals surface area contributed by atoms with Gasteiger partial charge in [0.1, 0.15) is 5.82 Å². The quantitative estimate of drug-likeness (QED) is 0.357. The first-order valence-corrected chi connectivity index (χ1v) is 11.9. The number of fused-ring (bicyclic) bond motifs is 1. The average molecular weight is 512 g/mol. The van der Waals surface area contributed by atoms with Gasteiger partial charge in [0, 0.05) is 12.0 Å². The van der Waals surface area contributed by atoms with Crippen molar-refractivity contribution in [3.63, 3.8) is 0 Å². The number of rotatable bonds is 4. The van der Waals surface area contributed by atoms with Crippen LogP contribution in [0.25, 0.3) is 12.2 Å². The van der Waals surface area contributed by atoms with Gasteiger partial charge in [0.25, 0.3) is 10.0 Å². The molecule has 0 aromatic heterocycles. The lowest BCUT2D eigenvalue weighted by molar-refractivity contribution is -0.137. The highest BCUT2D eigenvalue weighted by Gasteiger charge is 2.35. The Morgan fingerprint density at radius 3 is 2.47 bits per heavy atom. The second kappa shape index (κ2) is 9.05. The van der Waals surface area contributed by atoms with E-state index in [-0.39, 0.29) is 29.2 Å². The number of alkyl halides is 3. The van der Waals surface area contributed by atoms with E-state index in [1.54, 1.807) is 18.2 Å². The van der Waals surface area contributed by atoms with E-state index in [4.69, 9.17) is 11.6 Å². The maximum Gasteiger partial charge on any atom is 0.416 e. The summed E-state index contributed by atoms with van der Waals surface area (Å²) in [5.41, 5.74) is 0.314. The molecule has 0 amide bonds. The molecule has 1 aliphatic rings. The number of nitrogens with zero attached hydrogens (tertiary/aromatic N) is 1. The molecule has 3 aromatic rings. The van der Waals surface area contributed by atoms with Gasteiger partial charge in [0.15, 0.2) is 0 Å². The van der Waals surface area contributed by atoms with Crippen LogP contribution in [0.5, 0.6) is 0 Å². The van der Waals surface area contributed by atoms with Crippen molar-refractivity contribution in [3.8, 4) is 0 Å². The number of halogens is 5. The van der Waals surface area contributed by atoms with Crippen LogP contribution < -0.4 is 4.31 Å². The summed E-state index contributed by atoms with van der Waals surface area (Å²) in [6.07, 6.45) is -2.58. The molecule has 1 heterocycles. The number of anilines is 1. The number of benzene rings is 3. The minimum absolute atomic E-state index is 0.158. The third-order valence-electron chi connectivity index (χ3n) is 5.40. The second-order valence-corrected chi connectivity index (χ2v) is 10.0. The van der Waals surface area contributed by atoms with Crippen LogP contribution in [0.3, 0.4) is 0 Å². The molecule has 0 radical (unpaired) electrons. The molecule has 4 nitrogen and oxygen atoms in total. The predicted octanol–water partition coefficient (Wildman–Crippen LogP) is 5.78. The molecule has 10 heteroatoms. The van der Waals surface area contributed by atoms with E-state index in [9.17, 15) is 31.1 Å². The maximum absolute atomic E-state index is 14.1. The normalized spacial score (nSPS) is 16.6. The Hall–Kier alpha value is -2.88. The zero-order valence-electron chi connectivity index (χ0n) is 17.4. The number of hydrogen-bond acceptors (Lipinski definition) is 3. The summed E-state index contributed by atoms with van der Waals surface area (Å²) >= 11 is 6.04. The third kappa shape index (κ3) is 4.82.